The van der Waals surface area contributed by atoms with E-state index in [2.05, 4.69) is 15.5 Å². The molecule has 2 aromatic heterocycles. The van der Waals surface area contributed by atoms with Gasteiger partial charge in [-0.25, -0.2) is 15.5 Å². The molecule has 0 saturated heterocycles. The molecule has 3 N–H and O–H groups in total. The summed E-state index contributed by atoms with van der Waals surface area (Å²) in [4.78, 5) is 17.4. The van der Waals surface area contributed by atoms with E-state index in [9.17, 15) is 4.79 Å². The number of hydrogen-bond donors (Lipinski definition) is 2. The van der Waals surface area contributed by atoms with Crippen LogP contribution in [-0.2, 0) is 0 Å². The maximum absolute atomic E-state index is 11.8. The highest BCUT2D eigenvalue weighted by Crippen LogP contribution is 2.27. The fourth-order valence-electron chi connectivity index (χ4n) is 1.50. The van der Waals surface area contributed by atoms with Crippen LogP contribution in [0.2, 0.25) is 10.0 Å². The van der Waals surface area contributed by atoms with Crippen LogP contribution in [0.3, 0.4) is 0 Å². The van der Waals surface area contributed by atoms with Gasteiger partial charge in [-0.2, -0.15) is 5.10 Å². The van der Waals surface area contributed by atoms with E-state index in [0.717, 1.165) is 0 Å². The van der Waals surface area contributed by atoms with Gasteiger partial charge in [-0.05, 0) is 12.1 Å². The zero-order chi connectivity index (χ0) is 14.9. The van der Waals surface area contributed by atoms with Gasteiger partial charge in [0.25, 0.3) is 5.91 Å². The highest BCUT2D eigenvalue weighted by atomic mass is 35.5. The van der Waals surface area contributed by atoms with E-state index >= 15 is 0 Å². The molecule has 0 aliphatic heterocycles. The number of carbonyl (C=O) groups excluding carboxylic acids is 1. The molecule has 0 fully saturated rings. The van der Waals surface area contributed by atoms with Crippen molar-refractivity contribution in [3.05, 3.63) is 34.1 Å². The number of pyridine rings is 1. The van der Waals surface area contributed by atoms with E-state index in [1.165, 1.54) is 15.6 Å². The molecule has 2 aromatic rings. The molecule has 7 nitrogen and oxygen atoms in total. The van der Waals surface area contributed by atoms with Gasteiger partial charge in [-0.1, -0.05) is 23.2 Å². The van der Waals surface area contributed by atoms with Crippen molar-refractivity contribution in [3.8, 4) is 5.82 Å². The van der Waals surface area contributed by atoms with Crippen molar-refractivity contribution in [2.45, 2.75) is 0 Å². The Labute approximate surface area is 125 Å². The molecule has 2 rings (SSSR count). The summed E-state index contributed by atoms with van der Waals surface area (Å²) in [6, 6.07) is 3.07. The lowest BCUT2D eigenvalue weighted by atomic mass is 10.4. The lowest BCUT2D eigenvalue weighted by molar-refractivity contribution is 0.0821. The Bertz CT molecular complexity index is 654. The second-order valence-electron chi connectivity index (χ2n) is 4.11. The van der Waals surface area contributed by atoms with Gasteiger partial charge in [0.05, 0.1) is 10.0 Å². The molecule has 0 radical (unpaired) electrons. The van der Waals surface area contributed by atoms with E-state index in [4.69, 9.17) is 29.0 Å². The molecule has 106 valence electrons. The third-order valence-corrected chi connectivity index (χ3v) is 3.05. The molecule has 0 atom stereocenters. The number of hydrazine groups is 1. The zero-order valence-corrected chi connectivity index (χ0v) is 12.3. The number of amides is 1. The maximum Gasteiger partial charge on any atom is 0.273 e. The Morgan fingerprint density at radius 1 is 1.40 bits per heavy atom. The van der Waals surface area contributed by atoms with Crippen LogP contribution in [0.15, 0.2) is 18.3 Å². The number of nitrogens with one attached hydrogen (secondary N) is 1. The molecule has 0 spiro atoms. The zero-order valence-electron chi connectivity index (χ0n) is 10.8. The lowest BCUT2D eigenvalue weighted by Gasteiger charge is -2.09. The summed E-state index contributed by atoms with van der Waals surface area (Å²) in [5.74, 6) is 5.68. The Morgan fingerprint density at radius 2 is 2.10 bits per heavy atom. The average Bonchev–Trinajstić information content (AvgIpc) is 2.87. The van der Waals surface area contributed by atoms with Crippen molar-refractivity contribution < 1.29 is 4.79 Å². The average molecular weight is 315 g/mol. The smallest absolute Gasteiger partial charge is 0.273 e. The highest BCUT2D eigenvalue weighted by Gasteiger charge is 2.15. The minimum Gasteiger partial charge on any atom is -0.343 e. The molecule has 20 heavy (non-hydrogen) atoms. The van der Waals surface area contributed by atoms with Crippen LogP contribution < -0.4 is 11.3 Å². The molecule has 0 aromatic carbocycles. The number of aromatic nitrogens is 3. The Hall–Kier alpha value is -1.83. The first-order chi connectivity index (χ1) is 9.43. The minimum atomic E-state index is -0.217. The van der Waals surface area contributed by atoms with E-state index in [1.54, 1.807) is 26.4 Å². The van der Waals surface area contributed by atoms with Crippen molar-refractivity contribution in [1.29, 1.82) is 0 Å². The third kappa shape index (κ3) is 2.69. The van der Waals surface area contributed by atoms with E-state index in [0.29, 0.717) is 10.8 Å². The molecule has 9 heteroatoms. The second kappa shape index (κ2) is 5.66. The van der Waals surface area contributed by atoms with Crippen molar-refractivity contribution in [2.75, 3.05) is 19.5 Å². The number of hydrogen-bond acceptors (Lipinski definition) is 5. The maximum atomic E-state index is 11.8. The summed E-state index contributed by atoms with van der Waals surface area (Å²) in [6.45, 7) is 0. The predicted octanol–water partition coefficient (Wildman–Crippen LogP) is 1.56. The van der Waals surface area contributed by atoms with Gasteiger partial charge in [0.2, 0.25) is 0 Å². The standard InChI is InChI=1S/C11H12Cl2N6O/c1-18(2)11(20)8-3-4-19(17-8)10-7(13)5-6(12)9(15-10)16-14/h3-5H,14H2,1-2H3,(H,15,16). The fourth-order valence-corrected chi connectivity index (χ4v) is 2.00. The minimum absolute atomic E-state index is 0.217. The number of nitrogens with two attached hydrogens (primary N) is 1. The summed E-state index contributed by atoms with van der Waals surface area (Å²) < 4.78 is 1.39. The number of anilines is 1. The Kier molecular flexibility index (Phi) is 4.12. The van der Waals surface area contributed by atoms with Crippen molar-refractivity contribution >= 4 is 34.9 Å². The van der Waals surface area contributed by atoms with Crippen LogP contribution in [0.5, 0.6) is 0 Å². The van der Waals surface area contributed by atoms with Gasteiger partial charge in [-0.3, -0.25) is 4.79 Å². The summed E-state index contributed by atoms with van der Waals surface area (Å²) >= 11 is 12.0. The van der Waals surface area contributed by atoms with Gasteiger partial charge < -0.3 is 10.3 Å². The molecule has 0 aliphatic rings. The lowest BCUT2D eigenvalue weighted by Crippen LogP contribution is -2.22. The summed E-state index contributed by atoms with van der Waals surface area (Å²) in [5.41, 5.74) is 2.64. The number of rotatable bonds is 3. The molecule has 1 amide bonds. The first-order valence-electron chi connectivity index (χ1n) is 5.54. The first kappa shape index (κ1) is 14.6. The SMILES string of the molecule is CN(C)C(=O)c1ccn(-c2nc(NN)c(Cl)cc2Cl)n1. The van der Waals surface area contributed by atoms with E-state index in [-0.39, 0.29) is 22.4 Å². The van der Waals surface area contributed by atoms with Gasteiger partial charge in [0.15, 0.2) is 17.3 Å². The first-order valence-corrected chi connectivity index (χ1v) is 6.30. The van der Waals surface area contributed by atoms with Crippen LogP contribution in [-0.4, -0.2) is 39.7 Å². The van der Waals surface area contributed by atoms with E-state index < -0.39 is 0 Å². The van der Waals surface area contributed by atoms with E-state index in [1.807, 2.05) is 0 Å². The molecule has 2 heterocycles. The number of nitrogen functional groups attached to an aromatic ring is 1. The van der Waals surface area contributed by atoms with Gasteiger partial charge in [0, 0.05) is 20.3 Å². The summed E-state index contributed by atoms with van der Waals surface area (Å²) in [6.07, 6.45) is 1.58. The van der Waals surface area contributed by atoms with Crippen LogP contribution >= 0.6 is 23.2 Å². The van der Waals surface area contributed by atoms with Crippen molar-refractivity contribution in [1.82, 2.24) is 19.7 Å². The largest absolute Gasteiger partial charge is 0.343 e. The molecule has 0 unspecified atom stereocenters. The van der Waals surface area contributed by atoms with Crippen LogP contribution in [0, 0.1) is 0 Å². The summed E-state index contributed by atoms with van der Waals surface area (Å²) in [5, 5.41) is 4.72. The number of carbonyl (C=O) groups is 1. The van der Waals surface area contributed by atoms with Crippen LogP contribution in [0.25, 0.3) is 5.82 Å². The highest BCUT2D eigenvalue weighted by molar-refractivity contribution is 6.36. The number of halogens is 2. The van der Waals surface area contributed by atoms with Crippen molar-refractivity contribution in [3.63, 3.8) is 0 Å². The van der Waals surface area contributed by atoms with Gasteiger partial charge in [0.1, 0.15) is 0 Å². The Morgan fingerprint density at radius 3 is 2.70 bits per heavy atom. The number of nitrogens with zero attached hydrogens (tertiary/aromatic N) is 4. The van der Waals surface area contributed by atoms with Gasteiger partial charge >= 0.3 is 0 Å². The molecule has 0 aliphatic carbocycles. The topological polar surface area (TPSA) is 89.1 Å². The van der Waals surface area contributed by atoms with Crippen LogP contribution in [0.4, 0.5) is 5.82 Å². The predicted molar refractivity (Wildman–Crippen MR) is 77.2 cm³/mol. The third-order valence-electron chi connectivity index (χ3n) is 2.48. The second-order valence-corrected chi connectivity index (χ2v) is 4.93. The summed E-state index contributed by atoms with van der Waals surface area (Å²) in [7, 11) is 3.29. The van der Waals surface area contributed by atoms with Gasteiger partial charge in [-0.15, -0.1) is 0 Å². The van der Waals surface area contributed by atoms with Crippen LogP contribution in [0.1, 0.15) is 10.5 Å². The molecular weight excluding hydrogens is 303 g/mol. The monoisotopic (exact) mass is 314 g/mol. The Balaban J connectivity index is 2.45. The molecular formula is C11H12Cl2N6O. The van der Waals surface area contributed by atoms with Crippen molar-refractivity contribution in [2.24, 2.45) is 5.84 Å². The fraction of sp³-hybridized carbons (Fsp3) is 0.182. The molecule has 0 saturated carbocycles. The quantitative estimate of drug-likeness (QED) is 0.663. The normalized spacial score (nSPS) is 10.4. The molecule has 0 bridgehead atoms.